The van der Waals surface area contributed by atoms with Crippen molar-refractivity contribution in [3.05, 3.63) is 24.3 Å². The van der Waals surface area contributed by atoms with Crippen LogP contribution in [0, 0.1) is 0 Å². The number of hydrogen-bond donors (Lipinski definition) is 0. The van der Waals surface area contributed by atoms with Crippen molar-refractivity contribution in [3.8, 4) is 0 Å². The lowest BCUT2D eigenvalue weighted by Gasteiger charge is -2.39. The zero-order chi connectivity index (χ0) is 18.5. The lowest BCUT2D eigenvalue weighted by Crippen LogP contribution is -2.48. The Balaban J connectivity index is 1.55. The Morgan fingerprint density at radius 2 is 1.85 bits per heavy atom. The van der Waals surface area contributed by atoms with E-state index < -0.39 is 0 Å². The molecule has 2 aromatic heterocycles. The molecule has 1 saturated heterocycles. The molecule has 140 valence electrons. The molecule has 0 radical (unpaired) electrons. The van der Waals surface area contributed by atoms with Gasteiger partial charge in [-0.05, 0) is 39.2 Å². The van der Waals surface area contributed by atoms with Gasteiger partial charge in [-0.3, -0.25) is 4.79 Å². The van der Waals surface area contributed by atoms with Crippen LogP contribution in [0.1, 0.15) is 38.9 Å². The molecule has 0 unspecified atom stereocenters. The highest BCUT2D eigenvalue weighted by Crippen LogP contribution is 2.25. The maximum Gasteiger partial charge on any atom is 0.233 e. The molecule has 1 fully saturated rings. The van der Waals surface area contributed by atoms with Crippen molar-refractivity contribution in [1.82, 2.24) is 29.6 Å². The molecule has 2 atom stereocenters. The minimum atomic E-state index is 0.186. The maximum absolute atomic E-state index is 12.6. The molecule has 3 rings (SSSR count). The summed E-state index contributed by atoms with van der Waals surface area (Å²) >= 11 is 2.97. The molecule has 3 heterocycles. The van der Waals surface area contributed by atoms with Crippen LogP contribution in [0.2, 0.25) is 0 Å². The standard InChI is InChI=1S/C17H24N6OS2/c1-12-6-4-7-13(2)23(12)15(24)11-26-17-21-20-14(22(17)3)10-25-16-18-8-5-9-19-16/h5,8-9,12-13H,4,6-7,10-11H2,1-3H3/t12-,13-/m0/s1. The van der Waals surface area contributed by atoms with E-state index in [1.54, 1.807) is 18.5 Å². The Labute approximate surface area is 162 Å². The van der Waals surface area contributed by atoms with Gasteiger partial charge in [0.1, 0.15) is 5.82 Å². The second kappa shape index (κ2) is 8.85. The number of piperidine rings is 1. The Morgan fingerprint density at radius 3 is 2.54 bits per heavy atom. The number of carbonyl (C=O) groups is 1. The molecule has 0 bridgehead atoms. The highest BCUT2D eigenvalue weighted by atomic mass is 32.2. The first-order valence-corrected chi connectivity index (χ1v) is 10.8. The van der Waals surface area contributed by atoms with Crippen LogP contribution in [0.25, 0.3) is 0 Å². The number of likely N-dealkylation sites (tertiary alicyclic amines) is 1. The summed E-state index contributed by atoms with van der Waals surface area (Å²) in [4.78, 5) is 23.1. The minimum absolute atomic E-state index is 0.186. The van der Waals surface area contributed by atoms with Crippen LogP contribution in [0.3, 0.4) is 0 Å². The number of carbonyl (C=O) groups excluding carboxylic acids is 1. The van der Waals surface area contributed by atoms with Gasteiger partial charge in [0.2, 0.25) is 5.91 Å². The van der Waals surface area contributed by atoms with E-state index in [9.17, 15) is 4.79 Å². The summed E-state index contributed by atoms with van der Waals surface area (Å²) in [5.74, 6) is 2.07. The molecule has 0 spiro atoms. The summed E-state index contributed by atoms with van der Waals surface area (Å²) in [6, 6.07) is 2.44. The second-order valence-corrected chi connectivity index (χ2v) is 8.38. The zero-order valence-corrected chi connectivity index (χ0v) is 17.0. The van der Waals surface area contributed by atoms with Gasteiger partial charge in [-0.25, -0.2) is 9.97 Å². The van der Waals surface area contributed by atoms with Crippen molar-refractivity contribution in [2.24, 2.45) is 7.05 Å². The van der Waals surface area contributed by atoms with Gasteiger partial charge in [0, 0.05) is 31.5 Å². The lowest BCUT2D eigenvalue weighted by atomic mass is 9.98. The number of thioether (sulfide) groups is 2. The van der Waals surface area contributed by atoms with E-state index in [1.807, 2.05) is 16.5 Å². The van der Waals surface area contributed by atoms with Gasteiger partial charge in [0.25, 0.3) is 0 Å². The van der Waals surface area contributed by atoms with E-state index >= 15 is 0 Å². The highest BCUT2D eigenvalue weighted by Gasteiger charge is 2.29. The first kappa shape index (κ1) is 19.2. The van der Waals surface area contributed by atoms with Crippen LogP contribution in [-0.2, 0) is 17.6 Å². The second-order valence-electron chi connectivity index (χ2n) is 6.50. The maximum atomic E-state index is 12.6. The first-order valence-electron chi connectivity index (χ1n) is 8.78. The van der Waals surface area contributed by atoms with Crippen LogP contribution in [0.4, 0.5) is 0 Å². The summed E-state index contributed by atoms with van der Waals surface area (Å²) in [5.41, 5.74) is 0. The largest absolute Gasteiger partial charge is 0.337 e. The fourth-order valence-electron chi connectivity index (χ4n) is 3.20. The fraction of sp³-hybridized carbons (Fsp3) is 0.588. The monoisotopic (exact) mass is 392 g/mol. The smallest absolute Gasteiger partial charge is 0.233 e. The van der Waals surface area contributed by atoms with Crippen molar-refractivity contribution >= 4 is 29.4 Å². The third-order valence-corrected chi connectivity index (χ3v) is 6.48. The molecule has 1 amide bonds. The number of nitrogens with zero attached hydrogens (tertiary/aromatic N) is 6. The molecule has 7 nitrogen and oxygen atoms in total. The summed E-state index contributed by atoms with van der Waals surface area (Å²) in [7, 11) is 1.93. The molecule has 9 heteroatoms. The molecule has 26 heavy (non-hydrogen) atoms. The summed E-state index contributed by atoms with van der Waals surface area (Å²) in [6.45, 7) is 4.28. The molecule has 2 aromatic rings. The SMILES string of the molecule is C[C@H]1CCC[C@H](C)N1C(=O)CSc1nnc(CSc2ncccn2)n1C. The van der Waals surface area contributed by atoms with Crippen molar-refractivity contribution in [2.75, 3.05) is 5.75 Å². The third kappa shape index (κ3) is 4.56. The Bertz CT molecular complexity index is 728. The molecule has 0 N–H and O–H groups in total. The van der Waals surface area contributed by atoms with Gasteiger partial charge in [0.05, 0.1) is 11.5 Å². The van der Waals surface area contributed by atoms with Crippen LogP contribution in [0.5, 0.6) is 0 Å². The molecule has 1 aliphatic rings. The molecule has 1 aliphatic heterocycles. The Morgan fingerprint density at radius 1 is 1.15 bits per heavy atom. The Kier molecular flexibility index (Phi) is 6.53. The normalized spacial score (nSPS) is 20.3. The molecule has 0 saturated carbocycles. The summed E-state index contributed by atoms with van der Waals surface area (Å²) in [6.07, 6.45) is 6.83. The highest BCUT2D eigenvalue weighted by molar-refractivity contribution is 7.99. The van der Waals surface area contributed by atoms with Crippen LogP contribution < -0.4 is 0 Å². The van der Waals surface area contributed by atoms with Crippen LogP contribution in [-0.4, -0.2) is 53.4 Å². The van der Waals surface area contributed by atoms with E-state index in [1.165, 1.54) is 29.9 Å². The predicted molar refractivity (Wildman–Crippen MR) is 103 cm³/mol. The topological polar surface area (TPSA) is 76.8 Å². The van der Waals surface area contributed by atoms with Gasteiger partial charge in [0.15, 0.2) is 10.3 Å². The number of hydrogen-bond acceptors (Lipinski definition) is 7. The Hall–Kier alpha value is -1.61. The number of aromatic nitrogens is 5. The summed E-state index contributed by atoms with van der Waals surface area (Å²) in [5, 5.41) is 9.96. The van der Waals surface area contributed by atoms with E-state index in [-0.39, 0.29) is 5.91 Å². The molecule has 0 aromatic carbocycles. The first-order chi connectivity index (χ1) is 12.6. The molecule has 0 aliphatic carbocycles. The fourth-order valence-corrected chi connectivity index (χ4v) is 4.78. The number of amides is 1. The van der Waals surface area contributed by atoms with Gasteiger partial charge in [-0.15, -0.1) is 10.2 Å². The quantitative estimate of drug-likeness (QED) is 0.552. The van der Waals surface area contributed by atoms with Crippen molar-refractivity contribution in [3.63, 3.8) is 0 Å². The minimum Gasteiger partial charge on any atom is -0.337 e. The zero-order valence-electron chi connectivity index (χ0n) is 15.3. The van der Waals surface area contributed by atoms with E-state index in [4.69, 9.17) is 0 Å². The van der Waals surface area contributed by atoms with Gasteiger partial charge in [-0.1, -0.05) is 23.5 Å². The average molecular weight is 393 g/mol. The van der Waals surface area contributed by atoms with Crippen molar-refractivity contribution in [1.29, 1.82) is 0 Å². The average Bonchev–Trinajstić information content (AvgIpc) is 2.99. The molecular weight excluding hydrogens is 368 g/mol. The van der Waals surface area contributed by atoms with E-state index in [0.717, 1.165) is 23.8 Å². The summed E-state index contributed by atoms with van der Waals surface area (Å²) < 4.78 is 1.94. The predicted octanol–water partition coefficient (Wildman–Crippen LogP) is 2.78. The van der Waals surface area contributed by atoms with Gasteiger partial charge in [-0.2, -0.15) is 0 Å². The van der Waals surface area contributed by atoms with Gasteiger partial charge >= 0.3 is 0 Å². The van der Waals surface area contributed by atoms with Crippen LogP contribution in [0.15, 0.2) is 28.8 Å². The third-order valence-electron chi connectivity index (χ3n) is 4.60. The lowest BCUT2D eigenvalue weighted by molar-refractivity contribution is -0.134. The van der Waals surface area contributed by atoms with Crippen molar-refractivity contribution < 1.29 is 4.79 Å². The van der Waals surface area contributed by atoms with Crippen LogP contribution >= 0.6 is 23.5 Å². The van der Waals surface area contributed by atoms with Crippen molar-refractivity contribution in [2.45, 2.75) is 61.3 Å². The van der Waals surface area contributed by atoms with E-state index in [2.05, 4.69) is 34.0 Å². The van der Waals surface area contributed by atoms with Gasteiger partial charge < -0.3 is 9.47 Å². The molecular formula is C17H24N6OS2. The van der Waals surface area contributed by atoms with E-state index in [0.29, 0.717) is 28.7 Å². The number of rotatable bonds is 6.